The number of pyridine rings is 1. The molecule has 0 aliphatic rings. The summed E-state index contributed by atoms with van der Waals surface area (Å²) >= 11 is 0. The maximum absolute atomic E-state index is 4.49. The van der Waals surface area contributed by atoms with E-state index < -0.39 is 0 Å². The van der Waals surface area contributed by atoms with E-state index in [0.29, 0.717) is 0 Å². The van der Waals surface area contributed by atoms with Gasteiger partial charge in [-0.3, -0.25) is 0 Å². The van der Waals surface area contributed by atoms with Gasteiger partial charge in [0.05, 0.1) is 11.9 Å². The molecule has 0 unspecified atom stereocenters. The van der Waals surface area contributed by atoms with E-state index >= 15 is 0 Å². The first-order valence-electron chi connectivity index (χ1n) is 4.96. The lowest BCUT2D eigenvalue weighted by molar-refractivity contribution is 0.729. The van der Waals surface area contributed by atoms with Crippen LogP contribution in [0.3, 0.4) is 0 Å². The van der Waals surface area contributed by atoms with Crippen LogP contribution in [0.2, 0.25) is 0 Å². The molecule has 0 spiro atoms. The zero-order valence-corrected chi connectivity index (χ0v) is 9.26. The number of aryl methyl sites for hydroxylation is 3. The van der Waals surface area contributed by atoms with E-state index in [9.17, 15) is 0 Å². The van der Waals surface area contributed by atoms with Gasteiger partial charge in [0.15, 0.2) is 5.65 Å². The van der Waals surface area contributed by atoms with Gasteiger partial charge in [0.2, 0.25) is 0 Å². The quantitative estimate of drug-likeness (QED) is 0.556. The van der Waals surface area contributed by atoms with Crippen LogP contribution in [-0.2, 0) is 7.05 Å². The second kappa shape index (κ2) is 2.94. The summed E-state index contributed by atoms with van der Waals surface area (Å²) in [5.74, 6) is 0. The Kier molecular flexibility index (Phi) is 1.68. The van der Waals surface area contributed by atoms with E-state index in [4.69, 9.17) is 0 Å². The third kappa shape index (κ3) is 1.04. The van der Waals surface area contributed by atoms with Crippen LogP contribution in [0.5, 0.6) is 0 Å². The molecule has 3 aromatic rings. The van der Waals surface area contributed by atoms with Crippen molar-refractivity contribution in [3.05, 3.63) is 17.6 Å². The minimum Gasteiger partial charge on any atom is -0.231 e. The summed E-state index contributed by atoms with van der Waals surface area (Å²) in [7, 11) is 1.83. The molecule has 0 N–H and O–H groups in total. The monoisotopic (exact) mass is 214 g/mol. The molecule has 0 atom stereocenters. The fourth-order valence-corrected chi connectivity index (χ4v) is 1.99. The summed E-state index contributed by atoms with van der Waals surface area (Å²) in [6, 6.07) is 0. The van der Waals surface area contributed by atoms with Crippen LogP contribution in [0.4, 0.5) is 0 Å². The molecule has 0 aliphatic carbocycles. The summed E-state index contributed by atoms with van der Waals surface area (Å²) in [6.45, 7) is 3.88. The number of hydrogen-bond donors (Lipinski definition) is 0. The van der Waals surface area contributed by atoms with E-state index in [1.54, 1.807) is 10.9 Å². The summed E-state index contributed by atoms with van der Waals surface area (Å²) in [4.78, 5) is 4.49. The molecule has 3 rings (SSSR count). The van der Waals surface area contributed by atoms with Gasteiger partial charge in [-0.1, -0.05) is 5.21 Å². The van der Waals surface area contributed by atoms with E-state index in [2.05, 4.69) is 25.5 Å². The number of hydrogen-bond acceptors (Lipinski definition) is 5. The molecular formula is C10H10N6. The van der Waals surface area contributed by atoms with Gasteiger partial charge in [0.25, 0.3) is 0 Å². The van der Waals surface area contributed by atoms with Crippen molar-refractivity contribution in [3.63, 3.8) is 0 Å². The first kappa shape index (κ1) is 9.14. The van der Waals surface area contributed by atoms with Crippen LogP contribution in [0, 0.1) is 13.8 Å². The molecule has 0 bridgehead atoms. The molecule has 0 saturated carbocycles. The molecule has 6 nitrogen and oxygen atoms in total. The summed E-state index contributed by atoms with van der Waals surface area (Å²) in [6.07, 6.45) is 1.72. The Bertz CT molecular complexity index is 699. The van der Waals surface area contributed by atoms with E-state index in [1.807, 2.05) is 20.9 Å². The van der Waals surface area contributed by atoms with Crippen LogP contribution in [0.25, 0.3) is 21.9 Å². The lowest BCUT2D eigenvalue weighted by atomic mass is 10.1. The van der Waals surface area contributed by atoms with Crippen molar-refractivity contribution >= 4 is 21.9 Å². The van der Waals surface area contributed by atoms with E-state index in [1.165, 1.54) is 0 Å². The fourth-order valence-electron chi connectivity index (χ4n) is 1.99. The third-order valence-electron chi connectivity index (χ3n) is 2.71. The second-order valence-electron chi connectivity index (χ2n) is 3.80. The van der Waals surface area contributed by atoms with Gasteiger partial charge in [-0.15, -0.1) is 5.10 Å². The van der Waals surface area contributed by atoms with Gasteiger partial charge >= 0.3 is 0 Å². The molecule has 16 heavy (non-hydrogen) atoms. The highest BCUT2D eigenvalue weighted by Crippen LogP contribution is 2.24. The van der Waals surface area contributed by atoms with E-state index in [-0.39, 0.29) is 0 Å². The van der Waals surface area contributed by atoms with Crippen LogP contribution in [0.1, 0.15) is 11.4 Å². The molecule has 0 amide bonds. The van der Waals surface area contributed by atoms with Gasteiger partial charge in [0.1, 0.15) is 5.52 Å². The predicted octanol–water partition coefficient (Wildman–Crippen LogP) is 0.923. The second-order valence-corrected chi connectivity index (χ2v) is 3.80. The Balaban J connectivity index is 2.66. The van der Waals surface area contributed by atoms with Gasteiger partial charge in [0, 0.05) is 23.5 Å². The molecule has 0 fully saturated rings. The topological polar surface area (TPSA) is 69.4 Å². The summed E-state index contributed by atoms with van der Waals surface area (Å²) in [5, 5.41) is 18.1. The molecule has 3 heterocycles. The average Bonchev–Trinajstić information content (AvgIpc) is 2.61. The summed E-state index contributed by atoms with van der Waals surface area (Å²) < 4.78 is 1.66. The highest BCUT2D eigenvalue weighted by atomic mass is 15.4. The number of nitrogens with zero attached hydrogens (tertiary/aromatic N) is 6. The SMILES string of the molecule is Cc1nncc2c1c(C)nc1c2nnn1C. The highest BCUT2D eigenvalue weighted by Gasteiger charge is 2.12. The molecule has 80 valence electrons. The maximum Gasteiger partial charge on any atom is 0.179 e. The van der Waals surface area contributed by atoms with Crippen molar-refractivity contribution in [3.8, 4) is 0 Å². The molecular weight excluding hydrogens is 204 g/mol. The molecule has 0 aliphatic heterocycles. The Morgan fingerprint density at radius 3 is 2.75 bits per heavy atom. The molecule has 0 saturated heterocycles. The number of aromatic nitrogens is 6. The van der Waals surface area contributed by atoms with Crippen molar-refractivity contribution in [2.45, 2.75) is 13.8 Å². The Labute approximate surface area is 91.3 Å². The predicted molar refractivity (Wildman–Crippen MR) is 58.9 cm³/mol. The van der Waals surface area contributed by atoms with Crippen molar-refractivity contribution < 1.29 is 0 Å². The molecule has 0 aromatic carbocycles. The van der Waals surface area contributed by atoms with Crippen molar-refractivity contribution in [1.82, 2.24) is 30.2 Å². The number of rotatable bonds is 0. The minimum atomic E-state index is 0.775. The van der Waals surface area contributed by atoms with Crippen LogP contribution < -0.4 is 0 Å². The molecule has 3 aromatic heterocycles. The van der Waals surface area contributed by atoms with Gasteiger partial charge in [-0.2, -0.15) is 10.2 Å². The lowest BCUT2D eigenvalue weighted by Crippen LogP contribution is -1.97. The first-order valence-corrected chi connectivity index (χ1v) is 4.96. The molecule has 0 radical (unpaired) electrons. The lowest BCUT2D eigenvalue weighted by Gasteiger charge is -2.03. The smallest absolute Gasteiger partial charge is 0.179 e. The fraction of sp³-hybridized carbons (Fsp3) is 0.300. The Morgan fingerprint density at radius 1 is 1.12 bits per heavy atom. The van der Waals surface area contributed by atoms with E-state index in [0.717, 1.165) is 33.3 Å². The van der Waals surface area contributed by atoms with Crippen molar-refractivity contribution in [2.75, 3.05) is 0 Å². The summed E-state index contributed by atoms with van der Waals surface area (Å²) in [5.41, 5.74) is 3.36. The van der Waals surface area contributed by atoms with Crippen molar-refractivity contribution in [1.29, 1.82) is 0 Å². The minimum absolute atomic E-state index is 0.775. The largest absolute Gasteiger partial charge is 0.231 e. The Hall–Kier alpha value is -2.11. The van der Waals surface area contributed by atoms with Crippen LogP contribution in [-0.4, -0.2) is 30.2 Å². The average molecular weight is 214 g/mol. The third-order valence-corrected chi connectivity index (χ3v) is 2.71. The normalized spacial score (nSPS) is 11.4. The van der Waals surface area contributed by atoms with Gasteiger partial charge in [-0.25, -0.2) is 9.67 Å². The highest BCUT2D eigenvalue weighted by molar-refractivity contribution is 6.03. The molecule has 6 heteroatoms. The first-order chi connectivity index (χ1) is 7.68. The zero-order chi connectivity index (χ0) is 11.3. The zero-order valence-electron chi connectivity index (χ0n) is 9.26. The standard InChI is InChI=1S/C10H10N6/c1-5-8-6(2)13-11-4-7(8)9-10(12-5)16(3)15-14-9/h4H,1-3H3. The maximum atomic E-state index is 4.49. The van der Waals surface area contributed by atoms with Crippen LogP contribution >= 0.6 is 0 Å². The van der Waals surface area contributed by atoms with Crippen LogP contribution in [0.15, 0.2) is 6.20 Å². The van der Waals surface area contributed by atoms with Gasteiger partial charge in [-0.05, 0) is 13.8 Å². The number of fused-ring (bicyclic) bond motifs is 3. The van der Waals surface area contributed by atoms with Crippen molar-refractivity contribution in [2.24, 2.45) is 7.05 Å². The van der Waals surface area contributed by atoms with Gasteiger partial charge < -0.3 is 0 Å². The Morgan fingerprint density at radius 2 is 1.94 bits per heavy atom.